The number of aliphatic hydroxyl groups is 1. The Labute approximate surface area is 128 Å². The number of rotatable bonds is 5. The summed E-state index contributed by atoms with van der Waals surface area (Å²) in [5, 5.41) is 9.82. The van der Waals surface area contributed by atoms with E-state index in [1.165, 1.54) is 10.5 Å². The van der Waals surface area contributed by atoms with E-state index >= 15 is 0 Å². The van der Waals surface area contributed by atoms with Crippen molar-refractivity contribution in [2.45, 2.75) is 37.0 Å². The highest BCUT2D eigenvalue weighted by Crippen LogP contribution is 2.31. The summed E-state index contributed by atoms with van der Waals surface area (Å²) in [6.07, 6.45) is 1.12. The summed E-state index contributed by atoms with van der Waals surface area (Å²) in [5.74, 6) is 0.469. The van der Waals surface area contributed by atoms with Crippen LogP contribution in [0.1, 0.15) is 25.8 Å². The van der Waals surface area contributed by atoms with Gasteiger partial charge in [0, 0.05) is 34.3 Å². The molecule has 106 valence electrons. The molecule has 0 aromatic heterocycles. The molecule has 1 heterocycles. The smallest absolute Gasteiger partial charge is 0.0471 e. The van der Waals surface area contributed by atoms with Crippen LogP contribution in [0.5, 0.6) is 0 Å². The van der Waals surface area contributed by atoms with E-state index in [1.54, 1.807) is 0 Å². The highest BCUT2D eigenvalue weighted by molar-refractivity contribution is 9.10. The molecule has 19 heavy (non-hydrogen) atoms. The summed E-state index contributed by atoms with van der Waals surface area (Å²) < 4.78 is 1.15. The summed E-state index contributed by atoms with van der Waals surface area (Å²) in [7, 11) is 0. The molecule has 0 spiro atoms. The van der Waals surface area contributed by atoms with Gasteiger partial charge in [0.2, 0.25) is 0 Å². The standard InChI is InChI=1S/C15H22BrNOS/c1-11(2)19-15-7-14(16)4-3-13(15)9-17-6-5-12(8-17)10-18/h3-4,7,11-12,18H,5-6,8-10H2,1-2H3. The van der Waals surface area contributed by atoms with Crippen LogP contribution in [0, 0.1) is 5.92 Å². The van der Waals surface area contributed by atoms with Crippen LogP contribution in [0.2, 0.25) is 0 Å². The van der Waals surface area contributed by atoms with Crippen molar-refractivity contribution in [3.05, 3.63) is 28.2 Å². The normalized spacial score (nSPS) is 20.4. The molecule has 1 unspecified atom stereocenters. The fraction of sp³-hybridized carbons (Fsp3) is 0.600. The molecule has 1 aliphatic heterocycles. The first kappa shape index (κ1) is 15.4. The van der Waals surface area contributed by atoms with Crippen LogP contribution in [-0.4, -0.2) is 35.0 Å². The van der Waals surface area contributed by atoms with Crippen molar-refractivity contribution >= 4 is 27.7 Å². The second-order valence-electron chi connectivity index (χ2n) is 5.49. The van der Waals surface area contributed by atoms with Crippen LogP contribution < -0.4 is 0 Å². The van der Waals surface area contributed by atoms with E-state index in [2.05, 4.69) is 52.9 Å². The third kappa shape index (κ3) is 4.48. The van der Waals surface area contributed by atoms with Gasteiger partial charge in [-0.2, -0.15) is 0 Å². The lowest BCUT2D eigenvalue weighted by atomic mass is 10.1. The van der Waals surface area contributed by atoms with Gasteiger partial charge < -0.3 is 5.11 Å². The first-order valence-corrected chi connectivity index (χ1v) is 8.54. The Hall–Kier alpha value is -0.0300. The highest BCUT2D eigenvalue weighted by atomic mass is 79.9. The van der Waals surface area contributed by atoms with Gasteiger partial charge in [0.05, 0.1) is 0 Å². The van der Waals surface area contributed by atoms with E-state index in [-0.39, 0.29) is 0 Å². The predicted molar refractivity (Wildman–Crippen MR) is 85.6 cm³/mol. The Kier molecular flexibility index (Phi) is 5.75. The average molecular weight is 344 g/mol. The molecule has 1 aromatic rings. The zero-order chi connectivity index (χ0) is 13.8. The maximum Gasteiger partial charge on any atom is 0.0471 e. The van der Waals surface area contributed by atoms with E-state index in [1.807, 2.05) is 11.8 Å². The summed E-state index contributed by atoms with van der Waals surface area (Å²) >= 11 is 5.48. The quantitative estimate of drug-likeness (QED) is 0.823. The lowest BCUT2D eigenvalue weighted by molar-refractivity contribution is 0.220. The summed E-state index contributed by atoms with van der Waals surface area (Å²) in [6, 6.07) is 6.57. The molecule has 4 heteroatoms. The number of benzene rings is 1. The molecule has 1 atom stereocenters. The van der Waals surface area contributed by atoms with Crippen molar-refractivity contribution in [1.29, 1.82) is 0 Å². The van der Waals surface area contributed by atoms with Crippen molar-refractivity contribution < 1.29 is 5.11 Å². The molecule has 2 nitrogen and oxygen atoms in total. The SMILES string of the molecule is CC(C)Sc1cc(Br)ccc1CN1CCC(CO)C1. The fourth-order valence-electron chi connectivity index (χ4n) is 2.47. The number of hydrogen-bond donors (Lipinski definition) is 1. The number of hydrogen-bond acceptors (Lipinski definition) is 3. The minimum Gasteiger partial charge on any atom is -0.396 e. The maximum atomic E-state index is 9.22. The highest BCUT2D eigenvalue weighted by Gasteiger charge is 2.22. The van der Waals surface area contributed by atoms with Crippen molar-refractivity contribution in [3.8, 4) is 0 Å². The Morgan fingerprint density at radius 1 is 1.47 bits per heavy atom. The summed E-state index contributed by atoms with van der Waals surface area (Å²) in [4.78, 5) is 3.82. The van der Waals surface area contributed by atoms with Crippen molar-refractivity contribution in [2.75, 3.05) is 19.7 Å². The van der Waals surface area contributed by atoms with Gasteiger partial charge in [-0.05, 0) is 36.6 Å². The molecule has 1 N–H and O–H groups in total. The van der Waals surface area contributed by atoms with Crippen LogP contribution in [0.15, 0.2) is 27.6 Å². The van der Waals surface area contributed by atoms with E-state index < -0.39 is 0 Å². The van der Waals surface area contributed by atoms with Gasteiger partial charge in [0.25, 0.3) is 0 Å². The first-order valence-electron chi connectivity index (χ1n) is 6.86. The number of aliphatic hydroxyl groups excluding tert-OH is 1. The third-order valence-electron chi connectivity index (χ3n) is 3.41. The van der Waals surface area contributed by atoms with E-state index in [0.717, 1.165) is 30.5 Å². The van der Waals surface area contributed by atoms with Crippen LogP contribution >= 0.6 is 27.7 Å². The van der Waals surface area contributed by atoms with Gasteiger partial charge in [-0.1, -0.05) is 35.8 Å². The van der Waals surface area contributed by atoms with Gasteiger partial charge >= 0.3 is 0 Å². The Bertz CT molecular complexity index is 425. The molecular formula is C15H22BrNOS. The van der Waals surface area contributed by atoms with Gasteiger partial charge in [-0.3, -0.25) is 4.90 Å². The molecule has 1 aliphatic rings. The van der Waals surface area contributed by atoms with Gasteiger partial charge in [0.1, 0.15) is 0 Å². The monoisotopic (exact) mass is 343 g/mol. The maximum absolute atomic E-state index is 9.22. The molecule has 0 aliphatic carbocycles. The molecule has 0 saturated carbocycles. The molecule has 1 aromatic carbocycles. The second kappa shape index (κ2) is 7.11. The number of thioether (sulfide) groups is 1. The Morgan fingerprint density at radius 3 is 2.89 bits per heavy atom. The zero-order valence-electron chi connectivity index (χ0n) is 11.6. The van der Waals surface area contributed by atoms with E-state index in [9.17, 15) is 5.11 Å². The molecule has 1 fully saturated rings. The molecule has 0 radical (unpaired) electrons. The van der Waals surface area contributed by atoms with Crippen LogP contribution in [0.25, 0.3) is 0 Å². The molecule has 0 amide bonds. The van der Waals surface area contributed by atoms with Gasteiger partial charge in [-0.15, -0.1) is 11.8 Å². The minimum atomic E-state index is 0.324. The average Bonchev–Trinajstić information content (AvgIpc) is 2.80. The van der Waals surface area contributed by atoms with E-state index in [0.29, 0.717) is 17.8 Å². The number of likely N-dealkylation sites (tertiary alicyclic amines) is 1. The molecular weight excluding hydrogens is 322 g/mol. The number of halogens is 1. The predicted octanol–water partition coefficient (Wildman–Crippen LogP) is 3.76. The lowest BCUT2D eigenvalue weighted by Gasteiger charge is -2.19. The largest absolute Gasteiger partial charge is 0.396 e. The Balaban J connectivity index is 2.07. The summed E-state index contributed by atoms with van der Waals surface area (Å²) in [6.45, 7) is 7.91. The molecule has 2 rings (SSSR count). The Morgan fingerprint density at radius 2 is 2.26 bits per heavy atom. The van der Waals surface area contributed by atoms with Gasteiger partial charge in [-0.25, -0.2) is 0 Å². The minimum absolute atomic E-state index is 0.324. The van der Waals surface area contributed by atoms with Gasteiger partial charge in [0.15, 0.2) is 0 Å². The van der Waals surface area contributed by atoms with Crippen molar-refractivity contribution in [2.24, 2.45) is 5.92 Å². The van der Waals surface area contributed by atoms with Crippen LogP contribution in [0.3, 0.4) is 0 Å². The second-order valence-corrected chi connectivity index (χ2v) is 8.03. The lowest BCUT2D eigenvalue weighted by Crippen LogP contribution is -2.21. The zero-order valence-corrected chi connectivity index (χ0v) is 14.0. The first-order chi connectivity index (χ1) is 9.08. The van der Waals surface area contributed by atoms with Crippen LogP contribution in [-0.2, 0) is 6.54 Å². The van der Waals surface area contributed by atoms with Crippen molar-refractivity contribution in [1.82, 2.24) is 4.90 Å². The fourth-order valence-corrected chi connectivity index (χ4v) is 3.97. The topological polar surface area (TPSA) is 23.5 Å². The van der Waals surface area contributed by atoms with Crippen LogP contribution in [0.4, 0.5) is 0 Å². The third-order valence-corrected chi connectivity index (χ3v) is 5.01. The molecule has 1 saturated heterocycles. The van der Waals surface area contributed by atoms with E-state index in [4.69, 9.17) is 0 Å². The van der Waals surface area contributed by atoms with Crippen molar-refractivity contribution in [3.63, 3.8) is 0 Å². The summed E-state index contributed by atoms with van der Waals surface area (Å²) in [5.41, 5.74) is 1.40. The number of nitrogens with zero attached hydrogens (tertiary/aromatic N) is 1. The molecule has 0 bridgehead atoms.